The zero-order valence-corrected chi connectivity index (χ0v) is 13.1. The molecule has 1 aromatic heterocycles. The molecule has 0 saturated heterocycles. The molecule has 1 unspecified atom stereocenters. The Labute approximate surface area is 138 Å². The number of nitrogens with zero attached hydrogens (tertiary/aromatic N) is 1. The molecule has 5 nitrogen and oxygen atoms in total. The first kappa shape index (κ1) is 14.5. The smallest absolute Gasteiger partial charge is 0.332 e. The van der Waals surface area contributed by atoms with Gasteiger partial charge in [0.2, 0.25) is 0 Å². The van der Waals surface area contributed by atoms with Gasteiger partial charge in [-0.25, -0.2) is 4.98 Å². The Morgan fingerprint density at radius 2 is 1.79 bits per heavy atom. The molecule has 0 fully saturated rings. The quantitative estimate of drug-likeness (QED) is 0.677. The van der Waals surface area contributed by atoms with Crippen LogP contribution in [0.2, 0.25) is 0 Å². The van der Waals surface area contributed by atoms with Crippen LogP contribution in [0.4, 0.5) is 0 Å². The van der Waals surface area contributed by atoms with Crippen molar-refractivity contribution < 1.29 is 19.0 Å². The minimum Gasteiger partial charge on any atom is -0.481 e. The summed E-state index contributed by atoms with van der Waals surface area (Å²) in [7, 11) is 0. The van der Waals surface area contributed by atoms with E-state index in [2.05, 4.69) is 4.98 Å². The number of ether oxygens (including phenoxy) is 3. The summed E-state index contributed by atoms with van der Waals surface area (Å²) < 4.78 is 17.3. The van der Waals surface area contributed by atoms with E-state index in [1.165, 1.54) is 6.92 Å². The molecule has 4 rings (SSSR count). The van der Waals surface area contributed by atoms with E-state index in [1.54, 1.807) is 18.2 Å². The molecule has 0 N–H and O–H groups in total. The molecule has 2 heterocycles. The first-order valence-electron chi connectivity index (χ1n) is 7.63. The third kappa shape index (κ3) is 2.44. The van der Waals surface area contributed by atoms with Crippen LogP contribution in [0.3, 0.4) is 0 Å². The van der Waals surface area contributed by atoms with Crippen LogP contribution in [0, 0.1) is 0 Å². The van der Waals surface area contributed by atoms with Crippen molar-refractivity contribution in [3.63, 3.8) is 0 Å². The van der Waals surface area contributed by atoms with Crippen LogP contribution in [-0.4, -0.2) is 17.6 Å². The number of hydrogen-bond donors (Lipinski definition) is 0. The molecule has 1 atom stereocenters. The summed E-state index contributed by atoms with van der Waals surface area (Å²) in [6.45, 7) is 1.38. The van der Waals surface area contributed by atoms with E-state index < -0.39 is 11.8 Å². The highest BCUT2D eigenvalue weighted by molar-refractivity contribution is 5.78. The van der Waals surface area contributed by atoms with Gasteiger partial charge in [0, 0.05) is 12.3 Å². The van der Waals surface area contributed by atoms with E-state index in [0.29, 0.717) is 17.2 Å². The summed E-state index contributed by atoms with van der Waals surface area (Å²) in [6.07, 6.45) is 0. The number of esters is 1. The predicted molar refractivity (Wildman–Crippen MR) is 87.8 cm³/mol. The van der Waals surface area contributed by atoms with E-state index in [-0.39, 0.29) is 6.61 Å². The Bertz CT molecular complexity index is 924. The Balaban J connectivity index is 1.83. The van der Waals surface area contributed by atoms with Crippen LogP contribution < -0.4 is 9.47 Å². The van der Waals surface area contributed by atoms with Crippen molar-refractivity contribution in [1.82, 2.24) is 4.98 Å². The van der Waals surface area contributed by atoms with Gasteiger partial charge < -0.3 is 14.2 Å². The first-order chi connectivity index (χ1) is 11.7. The second-order valence-corrected chi connectivity index (χ2v) is 5.57. The molecule has 0 aliphatic carbocycles. The Kier molecular flexibility index (Phi) is 3.34. The second-order valence-electron chi connectivity index (χ2n) is 5.57. The lowest BCUT2D eigenvalue weighted by atomic mass is 10.1. The van der Waals surface area contributed by atoms with Gasteiger partial charge in [0.1, 0.15) is 5.69 Å². The number of para-hydroxylation sites is 3. The van der Waals surface area contributed by atoms with Gasteiger partial charge in [-0.2, -0.15) is 0 Å². The standard InChI is InChI=1S/C19H15NO4/c1-13(21)23-19(12-22-16-8-4-5-9-17(16)24-19)18-11-10-14-6-2-3-7-15(14)20-18/h2-11H,12H2,1H3. The molecule has 3 aromatic rings. The molecule has 1 aliphatic rings. The SMILES string of the molecule is CC(=O)OC1(c2ccc3ccccc3n2)COc2ccccc2O1. The molecule has 0 bridgehead atoms. The van der Waals surface area contributed by atoms with Crippen molar-refractivity contribution in [1.29, 1.82) is 0 Å². The third-order valence-electron chi connectivity index (χ3n) is 3.84. The highest BCUT2D eigenvalue weighted by Crippen LogP contribution is 2.40. The monoisotopic (exact) mass is 321 g/mol. The number of carbonyl (C=O) groups excluding carboxylic acids is 1. The van der Waals surface area contributed by atoms with Crippen molar-refractivity contribution in [2.24, 2.45) is 0 Å². The maximum Gasteiger partial charge on any atom is 0.332 e. The average molecular weight is 321 g/mol. The van der Waals surface area contributed by atoms with Crippen molar-refractivity contribution >= 4 is 16.9 Å². The fraction of sp³-hybridized carbons (Fsp3) is 0.158. The molecular weight excluding hydrogens is 306 g/mol. The molecule has 5 heteroatoms. The van der Waals surface area contributed by atoms with Gasteiger partial charge in [-0.05, 0) is 24.3 Å². The molecule has 120 valence electrons. The molecule has 1 aliphatic heterocycles. The number of hydrogen-bond acceptors (Lipinski definition) is 5. The molecule has 24 heavy (non-hydrogen) atoms. The van der Waals surface area contributed by atoms with E-state index in [4.69, 9.17) is 14.2 Å². The van der Waals surface area contributed by atoms with Crippen molar-refractivity contribution in [2.45, 2.75) is 12.7 Å². The fourth-order valence-corrected chi connectivity index (χ4v) is 2.77. The Morgan fingerprint density at radius 1 is 1.04 bits per heavy atom. The Morgan fingerprint density at radius 3 is 2.62 bits per heavy atom. The summed E-state index contributed by atoms with van der Waals surface area (Å²) in [5.74, 6) is -0.738. The maximum atomic E-state index is 11.7. The normalized spacial score (nSPS) is 19.0. The summed E-state index contributed by atoms with van der Waals surface area (Å²) in [6, 6.07) is 18.7. The molecule has 0 spiro atoms. The maximum absolute atomic E-state index is 11.7. The van der Waals surface area contributed by atoms with Crippen molar-refractivity contribution in [2.75, 3.05) is 6.61 Å². The lowest BCUT2D eigenvalue weighted by Gasteiger charge is -2.36. The van der Waals surface area contributed by atoms with Gasteiger partial charge in [0.15, 0.2) is 18.1 Å². The van der Waals surface area contributed by atoms with Gasteiger partial charge >= 0.3 is 11.8 Å². The number of benzene rings is 2. The lowest BCUT2D eigenvalue weighted by molar-refractivity contribution is -0.220. The molecular formula is C19H15NO4. The topological polar surface area (TPSA) is 57.7 Å². The third-order valence-corrected chi connectivity index (χ3v) is 3.84. The number of rotatable bonds is 2. The van der Waals surface area contributed by atoms with Gasteiger partial charge in [-0.15, -0.1) is 0 Å². The van der Waals surface area contributed by atoms with E-state index >= 15 is 0 Å². The molecule has 2 aromatic carbocycles. The zero-order valence-electron chi connectivity index (χ0n) is 13.1. The first-order valence-corrected chi connectivity index (χ1v) is 7.63. The van der Waals surface area contributed by atoms with Gasteiger partial charge in [-0.3, -0.25) is 4.79 Å². The summed E-state index contributed by atoms with van der Waals surface area (Å²) in [5.41, 5.74) is 1.29. The molecule has 0 radical (unpaired) electrons. The van der Waals surface area contributed by atoms with Crippen LogP contribution >= 0.6 is 0 Å². The second kappa shape index (κ2) is 5.53. The molecule has 0 amide bonds. The van der Waals surface area contributed by atoms with Gasteiger partial charge in [0.05, 0.1) is 5.52 Å². The van der Waals surface area contributed by atoms with E-state index in [1.807, 2.05) is 42.5 Å². The summed E-state index contributed by atoms with van der Waals surface area (Å²) in [5, 5.41) is 0.997. The van der Waals surface area contributed by atoms with Crippen LogP contribution in [-0.2, 0) is 15.3 Å². The van der Waals surface area contributed by atoms with E-state index in [9.17, 15) is 4.79 Å². The van der Waals surface area contributed by atoms with Crippen molar-refractivity contribution in [3.8, 4) is 11.5 Å². The van der Waals surface area contributed by atoms with Crippen molar-refractivity contribution in [3.05, 3.63) is 66.4 Å². The predicted octanol–water partition coefficient (Wildman–Crippen LogP) is 3.42. The average Bonchev–Trinajstić information content (AvgIpc) is 2.60. The number of pyridine rings is 1. The van der Waals surface area contributed by atoms with Gasteiger partial charge in [0.25, 0.3) is 0 Å². The van der Waals surface area contributed by atoms with Crippen LogP contribution in [0.1, 0.15) is 12.6 Å². The van der Waals surface area contributed by atoms with Crippen LogP contribution in [0.5, 0.6) is 11.5 Å². The fourth-order valence-electron chi connectivity index (χ4n) is 2.77. The summed E-state index contributed by atoms with van der Waals surface area (Å²) in [4.78, 5) is 16.3. The number of fused-ring (bicyclic) bond motifs is 2. The number of carbonyl (C=O) groups is 1. The molecule has 0 saturated carbocycles. The summed E-state index contributed by atoms with van der Waals surface area (Å²) >= 11 is 0. The minimum atomic E-state index is -1.40. The minimum absolute atomic E-state index is 0.0366. The van der Waals surface area contributed by atoms with Crippen LogP contribution in [0.15, 0.2) is 60.7 Å². The van der Waals surface area contributed by atoms with Gasteiger partial charge in [-0.1, -0.05) is 36.4 Å². The Hall–Kier alpha value is -3.08. The lowest BCUT2D eigenvalue weighted by Crippen LogP contribution is -2.46. The van der Waals surface area contributed by atoms with E-state index in [0.717, 1.165) is 10.9 Å². The van der Waals surface area contributed by atoms with Crippen LogP contribution in [0.25, 0.3) is 10.9 Å². The zero-order chi connectivity index (χ0) is 16.6. The number of aromatic nitrogens is 1. The highest BCUT2D eigenvalue weighted by atomic mass is 16.7. The highest BCUT2D eigenvalue weighted by Gasteiger charge is 2.45. The largest absolute Gasteiger partial charge is 0.481 e.